The summed E-state index contributed by atoms with van der Waals surface area (Å²) in [6.07, 6.45) is 4.31. The van der Waals surface area contributed by atoms with Crippen LogP contribution in [0.25, 0.3) is 0 Å². The quantitative estimate of drug-likeness (QED) is 0.743. The Labute approximate surface area is 185 Å². The van der Waals surface area contributed by atoms with Crippen molar-refractivity contribution >= 4 is 11.6 Å². The molecule has 0 spiro atoms. The third kappa shape index (κ3) is 4.03. The maximum Gasteiger partial charge on any atom is 0.233 e. The third-order valence-electron chi connectivity index (χ3n) is 7.44. The van der Waals surface area contributed by atoms with Crippen molar-refractivity contribution in [3.8, 4) is 5.75 Å². The molecule has 1 aliphatic carbocycles. The molecule has 3 aliphatic rings. The van der Waals surface area contributed by atoms with Crippen LogP contribution in [-0.2, 0) is 10.2 Å². The number of piperidine rings is 1. The molecule has 0 aromatic heterocycles. The number of benzene rings is 2. The second kappa shape index (κ2) is 8.54. The molecule has 2 aromatic carbocycles. The first kappa shape index (κ1) is 20.4. The number of methoxy groups -OCH3 is 1. The average molecular weight is 420 g/mol. The van der Waals surface area contributed by atoms with Crippen LogP contribution in [0.2, 0.25) is 0 Å². The minimum absolute atomic E-state index is 0.240. The molecule has 2 aromatic rings. The maximum absolute atomic E-state index is 13.5. The van der Waals surface area contributed by atoms with Gasteiger partial charge in [-0.2, -0.15) is 0 Å². The summed E-state index contributed by atoms with van der Waals surface area (Å²) in [7, 11) is 1.71. The van der Waals surface area contributed by atoms with E-state index in [2.05, 4.69) is 51.1 Å². The van der Waals surface area contributed by atoms with Gasteiger partial charge in [-0.3, -0.25) is 9.69 Å². The topological polar surface area (TPSA) is 36.0 Å². The minimum atomic E-state index is -0.240. The van der Waals surface area contributed by atoms with E-state index in [0.717, 1.165) is 64.3 Å². The number of rotatable bonds is 5. The molecule has 3 fully saturated rings. The van der Waals surface area contributed by atoms with Gasteiger partial charge in [0.2, 0.25) is 5.91 Å². The maximum atomic E-state index is 13.5. The molecule has 1 amide bonds. The average Bonchev–Trinajstić information content (AvgIpc) is 3.67. The summed E-state index contributed by atoms with van der Waals surface area (Å²) in [6.45, 7) is 5.98. The number of likely N-dealkylation sites (tertiary alicyclic amines) is 1. The molecule has 1 atom stereocenters. The zero-order valence-corrected chi connectivity index (χ0v) is 18.5. The van der Waals surface area contributed by atoms with Crippen LogP contribution in [0.1, 0.15) is 31.2 Å². The van der Waals surface area contributed by atoms with Crippen LogP contribution in [-0.4, -0.2) is 68.1 Å². The van der Waals surface area contributed by atoms with Crippen molar-refractivity contribution in [1.82, 2.24) is 9.80 Å². The van der Waals surface area contributed by atoms with E-state index in [-0.39, 0.29) is 5.41 Å². The van der Waals surface area contributed by atoms with Crippen LogP contribution < -0.4 is 9.64 Å². The summed E-state index contributed by atoms with van der Waals surface area (Å²) >= 11 is 0. The van der Waals surface area contributed by atoms with E-state index < -0.39 is 0 Å². The van der Waals surface area contributed by atoms with Gasteiger partial charge in [-0.05, 0) is 55.5 Å². The summed E-state index contributed by atoms with van der Waals surface area (Å²) in [5.41, 5.74) is 2.23. The number of carbonyl (C=O) groups excluding carboxylic acids is 1. The van der Waals surface area contributed by atoms with Gasteiger partial charge in [0.1, 0.15) is 5.75 Å². The van der Waals surface area contributed by atoms with Crippen LogP contribution in [0, 0.1) is 0 Å². The highest BCUT2D eigenvalue weighted by molar-refractivity contribution is 5.91. The second-order valence-electron chi connectivity index (χ2n) is 9.22. The molecule has 5 heteroatoms. The van der Waals surface area contributed by atoms with Crippen molar-refractivity contribution in [3.63, 3.8) is 0 Å². The largest absolute Gasteiger partial charge is 0.497 e. The molecule has 0 radical (unpaired) electrons. The fourth-order valence-electron chi connectivity index (χ4n) is 5.39. The number of anilines is 1. The van der Waals surface area contributed by atoms with Gasteiger partial charge in [-0.25, -0.2) is 0 Å². The number of piperazine rings is 1. The zero-order valence-electron chi connectivity index (χ0n) is 18.5. The van der Waals surface area contributed by atoms with Crippen LogP contribution >= 0.6 is 0 Å². The van der Waals surface area contributed by atoms with Gasteiger partial charge in [0.25, 0.3) is 0 Å². The number of amides is 1. The van der Waals surface area contributed by atoms with E-state index in [9.17, 15) is 4.79 Å². The van der Waals surface area contributed by atoms with Crippen LogP contribution in [0.3, 0.4) is 0 Å². The Hall–Kier alpha value is -2.53. The van der Waals surface area contributed by atoms with E-state index >= 15 is 0 Å². The van der Waals surface area contributed by atoms with Gasteiger partial charge in [-0.15, -0.1) is 0 Å². The van der Waals surface area contributed by atoms with Crippen molar-refractivity contribution in [3.05, 3.63) is 60.2 Å². The van der Waals surface area contributed by atoms with E-state index in [0.29, 0.717) is 11.9 Å². The van der Waals surface area contributed by atoms with Gasteiger partial charge in [0, 0.05) is 51.0 Å². The Bertz CT molecular complexity index is 887. The molecule has 2 saturated heterocycles. The van der Waals surface area contributed by atoms with Crippen molar-refractivity contribution < 1.29 is 9.53 Å². The molecule has 5 rings (SSSR count). The number of nitrogens with zero attached hydrogens (tertiary/aromatic N) is 3. The summed E-state index contributed by atoms with van der Waals surface area (Å²) < 4.78 is 5.28. The Morgan fingerprint density at radius 2 is 1.65 bits per heavy atom. The fourth-order valence-corrected chi connectivity index (χ4v) is 5.39. The van der Waals surface area contributed by atoms with E-state index in [4.69, 9.17) is 4.74 Å². The molecule has 0 N–H and O–H groups in total. The summed E-state index contributed by atoms with van der Waals surface area (Å²) in [4.78, 5) is 20.7. The van der Waals surface area contributed by atoms with Crippen LogP contribution in [0.15, 0.2) is 54.6 Å². The lowest BCUT2D eigenvalue weighted by molar-refractivity contribution is -0.136. The first-order valence-electron chi connectivity index (χ1n) is 11.7. The predicted molar refractivity (Wildman–Crippen MR) is 124 cm³/mol. The van der Waals surface area contributed by atoms with Gasteiger partial charge in [-0.1, -0.05) is 30.3 Å². The van der Waals surface area contributed by atoms with Crippen molar-refractivity contribution in [2.45, 2.75) is 37.1 Å². The number of carbonyl (C=O) groups is 1. The van der Waals surface area contributed by atoms with Crippen molar-refractivity contribution in [1.29, 1.82) is 0 Å². The molecule has 5 nitrogen and oxygen atoms in total. The lowest BCUT2D eigenvalue weighted by atomic mass is 9.92. The Balaban J connectivity index is 1.19. The SMILES string of the molecule is COc1ccc(N2CCN(C3CCCN(C(=O)C4(c5ccccc5)CC4)C3)CC2)cc1. The zero-order chi connectivity index (χ0) is 21.3. The molecule has 1 unspecified atom stereocenters. The Morgan fingerprint density at radius 3 is 2.29 bits per heavy atom. The van der Waals surface area contributed by atoms with Gasteiger partial charge < -0.3 is 14.5 Å². The smallest absolute Gasteiger partial charge is 0.233 e. The molecule has 1 saturated carbocycles. The highest BCUT2D eigenvalue weighted by Crippen LogP contribution is 2.49. The highest BCUT2D eigenvalue weighted by Gasteiger charge is 2.53. The first-order valence-corrected chi connectivity index (χ1v) is 11.7. The van der Waals surface area contributed by atoms with Gasteiger partial charge in [0.05, 0.1) is 12.5 Å². The molecule has 2 aliphatic heterocycles. The van der Waals surface area contributed by atoms with Gasteiger partial charge >= 0.3 is 0 Å². The molecular formula is C26H33N3O2. The van der Waals surface area contributed by atoms with E-state index in [1.807, 2.05) is 18.2 Å². The molecule has 31 heavy (non-hydrogen) atoms. The Kier molecular flexibility index (Phi) is 5.61. The summed E-state index contributed by atoms with van der Waals surface area (Å²) in [6, 6.07) is 19.3. The molecule has 164 valence electrons. The lowest BCUT2D eigenvalue weighted by Crippen LogP contribution is -2.56. The molecule has 2 heterocycles. The normalized spacial score (nSPS) is 23.5. The van der Waals surface area contributed by atoms with Crippen LogP contribution in [0.5, 0.6) is 5.75 Å². The number of ether oxygens (including phenoxy) is 1. The lowest BCUT2D eigenvalue weighted by Gasteiger charge is -2.44. The first-order chi connectivity index (χ1) is 15.2. The van der Waals surface area contributed by atoms with Crippen molar-refractivity contribution in [2.24, 2.45) is 0 Å². The fraction of sp³-hybridized carbons (Fsp3) is 0.500. The molecule has 0 bridgehead atoms. The predicted octanol–water partition coefficient (Wildman–Crippen LogP) is 3.54. The van der Waals surface area contributed by atoms with E-state index in [1.54, 1.807) is 7.11 Å². The minimum Gasteiger partial charge on any atom is -0.497 e. The van der Waals surface area contributed by atoms with Crippen LogP contribution in [0.4, 0.5) is 5.69 Å². The monoisotopic (exact) mass is 419 g/mol. The van der Waals surface area contributed by atoms with Crippen molar-refractivity contribution in [2.75, 3.05) is 51.3 Å². The number of hydrogen-bond donors (Lipinski definition) is 0. The molecular weight excluding hydrogens is 386 g/mol. The van der Waals surface area contributed by atoms with Gasteiger partial charge in [0.15, 0.2) is 0 Å². The second-order valence-corrected chi connectivity index (χ2v) is 9.22. The summed E-state index contributed by atoms with van der Waals surface area (Å²) in [5.74, 6) is 1.26. The standard InChI is InChI=1S/C26H33N3O2/c1-31-24-11-9-22(10-12-24)27-16-18-28(19-17-27)23-8-5-15-29(20-23)25(30)26(13-14-26)21-6-3-2-4-7-21/h2-4,6-7,9-12,23H,5,8,13-20H2,1H3. The number of hydrogen-bond acceptors (Lipinski definition) is 4. The van der Waals surface area contributed by atoms with E-state index in [1.165, 1.54) is 17.7 Å². The summed E-state index contributed by atoms with van der Waals surface area (Å²) in [5, 5.41) is 0. The third-order valence-corrected chi connectivity index (χ3v) is 7.44. The highest BCUT2D eigenvalue weighted by atomic mass is 16.5. The Morgan fingerprint density at radius 1 is 0.935 bits per heavy atom.